The fourth-order valence-electron chi connectivity index (χ4n) is 4.74. The molecule has 0 bridgehead atoms. The van der Waals surface area contributed by atoms with Crippen molar-refractivity contribution >= 4 is 22.6 Å². The molecular formula is C26H22N4O4. The standard InChI is InChI=1S/C26H22N4O4/c1-5-14-30-18-9-7-6-8-17(18)19(25(30)32)20-21-23(28(2)26(33)29(3)24(21)31)27-22(20)15-10-12-16(34-4)13-11-15/h1,6-13,19,27H,14H2,2-4H3/t19-/m0/s1. The van der Waals surface area contributed by atoms with Gasteiger partial charge < -0.3 is 9.72 Å². The third-order valence-corrected chi connectivity index (χ3v) is 6.41. The van der Waals surface area contributed by atoms with Gasteiger partial charge in [0.2, 0.25) is 5.91 Å². The average molecular weight is 454 g/mol. The number of para-hydroxylation sites is 1. The Kier molecular flexibility index (Phi) is 4.91. The SMILES string of the molecule is C#CCN1C(=O)[C@H](c2c(-c3ccc(OC)cc3)[nH]c3c2c(=O)n(C)c(=O)n3C)c2ccccc21. The van der Waals surface area contributed by atoms with Crippen molar-refractivity contribution in [2.75, 3.05) is 18.6 Å². The molecule has 0 fully saturated rings. The number of aromatic amines is 1. The zero-order chi connectivity index (χ0) is 24.1. The number of nitrogens with one attached hydrogen (secondary N) is 1. The summed E-state index contributed by atoms with van der Waals surface area (Å²) in [6.45, 7) is 0.114. The number of fused-ring (bicyclic) bond motifs is 2. The molecule has 1 aliphatic heterocycles. The summed E-state index contributed by atoms with van der Waals surface area (Å²) >= 11 is 0. The number of rotatable bonds is 4. The van der Waals surface area contributed by atoms with Crippen molar-refractivity contribution in [2.45, 2.75) is 5.92 Å². The highest BCUT2D eigenvalue weighted by molar-refractivity contribution is 6.10. The molecule has 2 aromatic heterocycles. The summed E-state index contributed by atoms with van der Waals surface area (Å²) in [7, 11) is 4.61. The zero-order valence-corrected chi connectivity index (χ0v) is 19.0. The van der Waals surface area contributed by atoms with Crippen LogP contribution in [0.3, 0.4) is 0 Å². The number of terminal acetylenes is 1. The van der Waals surface area contributed by atoms with E-state index in [4.69, 9.17) is 11.2 Å². The van der Waals surface area contributed by atoms with E-state index in [0.717, 1.165) is 15.7 Å². The smallest absolute Gasteiger partial charge is 0.332 e. The van der Waals surface area contributed by atoms with Crippen LogP contribution in [0.1, 0.15) is 17.0 Å². The predicted octanol–water partition coefficient (Wildman–Crippen LogP) is 2.35. The summed E-state index contributed by atoms with van der Waals surface area (Å²) < 4.78 is 7.72. The lowest BCUT2D eigenvalue weighted by molar-refractivity contribution is -0.118. The van der Waals surface area contributed by atoms with E-state index in [0.29, 0.717) is 33.7 Å². The van der Waals surface area contributed by atoms with Gasteiger partial charge in [-0.15, -0.1) is 6.42 Å². The Labute approximate surface area is 195 Å². The number of aryl methyl sites for hydroxylation is 1. The maximum atomic E-state index is 13.7. The number of carbonyl (C=O) groups is 1. The molecule has 1 N–H and O–H groups in total. The second kappa shape index (κ2) is 7.81. The van der Waals surface area contributed by atoms with Gasteiger partial charge >= 0.3 is 5.69 Å². The highest BCUT2D eigenvalue weighted by atomic mass is 16.5. The van der Waals surface area contributed by atoms with Gasteiger partial charge in [0, 0.05) is 25.3 Å². The zero-order valence-electron chi connectivity index (χ0n) is 19.0. The van der Waals surface area contributed by atoms with Crippen LogP contribution in [0, 0.1) is 12.3 Å². The fourth-order valence-corrected chi connectivity index (χ4v) is 4.74. The summed E-state index contributed by atoms with van der Waals surface area (Å²) in [5.41, 5.74) is 2.77. The summed E-state index contributed by atoms with van der Waals surface area (Å²) in [6, 6.07) is 14.7. The van der Waals surface area contributed by atoms with Crippen LogP contribution >= 0.6 is 0 Å². The van der Waals surface area contributed by atoms with E-state index in [-0.39, 0.29) is 12.5 Å². The van der Waals surface area contributed by atoms with Crippen LogP contribution in [0.25, 0.3) is 22.3 Å². The number of hydrogen-bond donors (Lipinski definition) is 1. The Morgan fingerprint density at radius 2 is 1.74 bits per heavy atom. The van der Waals surface area contributed by atoms with Gasteiger partial charge in [-0.25, -0.2) is 4.79 Å². The Hall–Kier alpha value is -4.51. The van der Waals surface area contributed by atoms with E-state index in [1.54, 1.807) is 31.2 Å². The monoisotopic (exact) mass is 454 g/mol. The van der Waals surface area contributed by atoms with Crippen molar-refractivity contribution in [3.8, 4) is 29.4 Å². The molecule has 1 amide bonds. The van der Waals surface area contributed by atoms with Crippen molar-refractivity contribution < 1.29 is 9.53 Å². The van der Waals surface area contributed by atoms with Crippen LogP contribution in [-0.4, -0.2) is 33.7 Å². The third-order valence-electron chi connectivity index (χ3n) is 6.41. The minimum atomic E-state index is -0.763. The average Bonchev–Trinajstić information content (AvgIpc) is 3.37. The van der Waals surface area contributed by atoms with Gasteiger partial charge in [-0.3, -0.25) is 23.6 Å². The maximum absolute atomic E-state index is 13.7. The maximum Gasteiger partial charge on any atom is 0.332 e. The molecule has 3 heterocycles. The predicted molar refractivity (Wildman–Crippen MR) is 130 cm³/mol. The number of anilines is 1. The van der Waals surface area contributed by atoms with E-state index in [1.807, 2.05) is 36.4 Å². The molecular weight excluding hydrogens is 432 g/mol. The molecule has 0 spiro atoms. The molecule has 170 valence electrons. The Bertz CT molecular complexity index is 1620. The van der Waals surface area contributed by atoms with Crippen LogP contribution in [0.4, 0.5) is 5.69 Å². The van der Waals surface area contributed by atoms with Crippen LogP contribution in [0.2, 0.25) is 0 Å². The van der Waals surface area contributed by atoms with Crippen molar-refractivity contribution in [3.05, 3.63) is 80.5 Å². The molecule has 0 radical (unpaired) electrons. The second-order valence-electron chi connectivity index (χ2n) is 8.19. The molecule has 0 saturated carbocycles. The van der Waals surface area contributed by atoms with Crippen LogP contribution in [0.15, 0.2) is 58.1 Å². The number of carbonyl (C=O) groups excluding carboxylic acids is 1. The van der Waals surface area contributed by atoms with Crippen LogP contribution in [-0.2, 0) is 18.9 Å². The van der Waals surface area contributed by atoms with E-state index in [9.17, 15) is 14.4 Å². The number of aromatic nitrogens is 3. The van der Waals surface area contributed by atoms with Gasteiger partial charge in [-0.2, -0.15) is 0 Å². The van der Waals surface area contributed by atoms with Crippen molar-refractivity contribution in [3.63, 3.8) is 0 Å². The second-order valence-corrected chi connectivity index (χ2v) is 8.19. The minimum absolute atomic E-state index is 0.114. The largest absolute Gasteiger partial charge is 0.497 e. The molecule has 2 aromatic carbocycles. The van der Waals surface area contributed by atoms with Crippen LogP contribution < -0.4 is 20.9 Å². The molecule has 8 heteroatoms. The highest BCUT2D eigenvalue weighted by Gasteiger charge is 2.41. The Morgan fingerprint density at radius 3 is 2.41 bits per heavy atom. The molecule has 1 atom stereocenters. The van der Waals surface area contributed by atoms with Crippen molar-refractivity contribution in [2.24, 2.45) is 14.1 Å². The molecule has 1 aliphatic rings. The first-order valence-corrected chi connectivity index (χ1v) is 10.7. The lowest BCUT2D eigenvalue weighted by Gasteiger charge is -2.15. The van der Waals surface area contributed by atoms with E-state index < -0.39 is 17.2 Å². The Morgan fingerprint density at radius 1 is 1.03 bits per heavy atom. The van der Waals surface area contributed by atoms with Gasteiger partial charge in [-0.05, 0) is 41.5 Å². The molecule has 34 heavy (non-hydrogen) atoms. The normalized spacial score (nSPS) is 14.9. The summed E-state index contributed by atoms with van der Waals surface area (Å²) in [5, 5.41) is 0.297. The number of nitrogens with zero attached hydrogens (tertiary/aromatic N) is 3. The number of hydrogen-bond acceptors (Lipinski definition) is 4. The molecule has 4 aromatic rings. The topological polar surface area (TPSA) is 89.3 Å². The molecule has 0 aliphatic carbocycles. The highest BCUT2D eigenvalue weighted by Crippen LogP contribution is 2.45. The lowest BCUT2D eigenvalue weighted by Crippen LogP contribution is -2.37. The number of H-pyrrole nitrogens is 1. The lowest BCUT2D eigenvalue weighted by atomic mass is 9.89. The van der Waals surface area contributed by atoms with Gasteiger partial charge in [0.1, 0.15) is 11.4 Å². The number of methoxy groups -OCH3 is 1. The molecule has 5 rings (SSSR count). The van der Waals surface area contributed by atoms with E-state index >= 15 is 0 Å². The van der Waals surface area contributed by atoms with Gasteiger partial charge in [0.15, 0.2) is 0 Å². The first-order chi connectivity index (χ1) is 16.4. The number of amides is 1. The molecule has 0 unspecified atom stereocenters. The van der Waals surface area contributed by atoms with E-state index in [1.165, 1.54) is 11.6 Å². The van der Waals surface area contributed by atoms with E-state index in [2.05, 4.69) is 10.9 Å². The molecule has 0 saturated heterocycles. The van der Waals surface area contributed by atoms with Gasteiger partial charge in [0.05, 0.1) is 30.7 Å². The van der Waals surface area contributed by atoms with Crippen molar-refractivity contribution in [1.29, 1.82) is 0 Å². The number of ether oxygens (including phenoxy) is 1. The summed E-state index contributed by atoms with van der Waals surface area (Å²) in [6.07, 6.45) is 5.56. The minimum Gasteiger partial charge on any atom is -0.497 e. The fraction of sp³-hybridized carbons (Fsp3) is 0.192. The first kappa shape index (κ1) is 21.3. The number of benzene rings is 2. The third kappa shape index (κ3) is 2.90. The Balaban J connectivity index is 1.89. The first-order valence-electron chi connectivity index (χ1n) is 10.7. The molecule has 8 nitrogen and oxygen atoms in total. The quantitative estimate of drug-likeness (QED) is 0.480. The van der Waals surface area contributed by atoms with Crippen LogP contribution in [0.5, 0.6) is 5.75 Å². The summed E-state index contributed by atoms with van der Waals surface area (Å²) in [4.78, 5) is 44.6. The summed E-state index contributed by atoms with van der Waals surface area (Å²) in [5.74, 6) is 2.25. The van der Waals surface area contributed by atoms with Gasteiger partial charge in [-0.1, -0.05) is 24.1 Å². The van der Waals surface area contributed by atoms with Gasteiger partial charge in [0.25, 0.3) is 5.56 Å². The van der Waals surface area contributed by atoms with Crippen molar-refractivity contribution in [1.82, 2.24) is 14.1 Å².